The largest absolute Gasteiger partial charge is 0.243 e. The van der Waals surface area contributed by atoms with Crippen molar-refractivity contribution in [1.29, 1.82) is 0 Å². The predicted octanol–water partition coefficient (Wildman–Crippen LogP) is 3.72. The van der Waals surface area contributed by atoms with Crippen LogP contribution in [0.5, 0.6) is 0 Å². The molecule has 0 aliphatic rings. The second-order valence-corrected chi connectivity index (χ2v) is 9.67. The van der Waals surface area contributed by atoms with E-state index in [2.05, 4.69) is 10.2 Å². The van der Waals surface area contributed by atoms with Gasteiger partial charge in [-0.3, -0.25) is 0 Å². The number of halogens is 3. The highest BCUT2D eigenvalue weighted by Gasteiger charge is 2.33. The molecule has 0 saturated carbocycles. The third-order valence-corrected chi connectivity index (χ3v) is 6.91. The van der Waals surface area contributed by atoms with Gasteiger partial charge in [-0.25, -0.2) is 8.42 Å². The molecule has 0 aromatic carbocycles. The molecule has 1 rings (SSSR count). The number of rotatable bonds is 5. The standard InChI is InChI=1S/C9H13Cl3N2O2S2/c1-3-4-5-6(2)18(15,16)8-14-13-7(17-8)9(10,11)12/h6H,3-5H2,1-2H3. The number of aromatic nitrogens is 2. The van der Waals surface area contributed by atoms with Crippen molar-refractivity contribution in [3.05, 3.63) is 5.01 Å². The molecule has 1 atom stereocenters. The van der Waals surface area contributed by atoms with E-state index >= 15 is 0 Å². The third kappa shape index (κ3) is 3.93. The zero-order valence-electron chi connectivity index (χ0n) is 9.86. The number of hydrogen-bond acceptors (Lipinski definition) is 5. The summed E-state index contributed by atoms with van der Waals surface area (Å²) in [6.07, 6.45) is 2.37. The van der Waals surface area contributed by atoms with Crippen LogP contribution in [0.15, 0.2) is 4.34 Å². The Morgan fingerprint density at radius 3 is 2.39 bits per heavy atom. The van der Waals surface area contributed by atoms with Gasteiger partial charge in [-0.05, 0) is 13.3 Å². The minimum absolute atomic E-state index is 0.0637. The lowest BCUT2D eigenvalue weighted by Crippen LogP contribution is -2.17. The van der Waals surface area contributed by atoms with E-state index in [-0.39, 0.29) is 9.35 Å². The Kier molecular flexibility index (Phi) is 5.68. The van der Waals surface area contributed by atoms with E-state index in [1.54, 1.807) is 6.92 Å². The Hall–Kier alpha value is 0.380. The van der Waals surface area contributed by atoms with Gasteiger partial charge in [0.05, 0.1) is 5.25 Å². The van der Waals surface area contributed by atoms with Gasteiger partial charge in [-0.2, -0.15) is 0 Å². The molecule has 1 aromatic rings. The number of alkyl halides is 3. The minimum atomic E-state index is -3.48. The Balaban J connectivity index is 2.96. The molecule has 0 radical (unpaired) electrons. The van der Waals surface area contributed by atoms with E-state index in [1.807, 2.05) is 6.92 Å². The van der Waals surface area contributed by atoms with Crippen molar-refractivity contribution in [2.45, 2.75) is 46.5 Å². The molecule has 0 saturated heterocycles. The molecule has 0 fully saturated rings. The first-order valence-electron chi connectivity index (χ1n) is 5.34. The van der Waals surface area contributed by atoms with Crippen LogP contribution in [0.25, 0.3) is 0 Å². The molecule has 1 unspecified atom stereocenters. The Morgan fingerprint density at radius 1 is 1.33 bits per heavy atom. The molecular weight excluding hydrogens is 339 g/mol. The van der Waals surface area contributed by atoms with Crippen molar-refractivity contribution >= 4 is 56.0 Å². The molecule has 0 aliphatic heterocycles. The summed E-state index contributed by atoms with van der Waals surface area (Å²) in [5.41, 5.74) is 0. The van der Waals surface area contributed by atoms with Crippen LogP contribution in [0.3, 0.4) is 0 Å². The van der Waals surface area contributed by atoms with Crippen LogP contribution in [0.4, 0.5) is 0 Å². The fourth-order valence-electron chi connectivity index (χ4n) is 1.26. The maximum Gasteiger partial charge on any atom is 0.243 e. The zero-order valence-corrected chi connectivity index (χ0v) is 13.8. The smallest absolute Gasteiger partial charge is 0.221 e. The first-order valence-corrected chi connectivity index (χ1v) is 8.83. The zero-order chi connectivity index (χ0) is 14.0. The van der Waals surface area contributed by atoms with E-state index < -0.39 is 18.9 Å². The number of nitrogens with zero attached hydrogens (tertiary/aromatic N) is 2. The fraction of sp³-hybridized carbons (Fsp3) is 0.778. The highest BCUT2D eigenvalue weighted by Crippen LogP contribution is 2.40. The van der Waals surface area contributed by atoms with E-state index in [4.69, 9.17) is 34.8 Å². The fourth-order valence-corrected chi connectivity index (χ4v) is 4.33. The Morgan fingerprint density at radius 2 is 1.94 bits per heavy atom. The van der Waals surface area contributed by atoms with Gasteiger partial charge in [0.15, 0.2) is 5.01 Å². The summed E-state index contributed by atoms with van der Waals surface area (Å²) < 4.78 is 22.5. The summed E-state index contributed by atoms with van der Waals surface area (Å²) in [5.74, 6) is 0. The summed E-state index contributed by atoms with van der Waals surface area (Å²) in [6.45, 7) is 3.66. The monoisotopic (exact) mass is 350 g/mol. The third-order valence-electron chi connectivity index (χ3n) is 2.39. The summed E-state index contributed by atoms with van der Waals surface area (Å²) in [7, 11) is -3.48. The summed E-state index contributed by atoms with van der Waals surface area (Å²) in [6, 6.07) is 0. The molecule has 0 spiro atoms. The van der Waals surface area contributed by atoms with E-state index in [9.17, 15) is 8.42 Å². The molecule has 9 heteroatoms. The maximum atomic E-state index is 12.2. The summed E-state index contributed by atoms with van der Waals surface area (Å²) in [4.78, 5) is 0. The quantitative estimate of drug-likeness (QED) is 0.759. The Bertz CT molecular complexity index is 496. The lowest BCUT2D eigenvalue weighted by molar-refractivity contribution is 0.569. The lowest BCUT2D eigenvalue weighted by atomic mass is 10.2. The summed E-state index contributed by atoms with van der Waals surface area (Å²) >= 11 is 17.7. The number of unbranched alkanes of at least 4 members (excludes halogenated alkanes) is 1. The van der Waals surface area contributed by atoms with Crippen molar-refractivity contribution in [2.75, 3.05) is 0 Å². The molecule has 0 bridgehead atoms. The SMILES string of the molecule is CCCCC(C)S(=O)(=O)c1nnc(C(Cl)(Cl)Cl)s1. The Labute approximate surface area is 126 Å². The van der Waals surface area contributed by atoms with Crippen LogP contribution in [0.1, 0.15) is 38.1 Å². The van der Waals surface area contributed by atoms with Crippen LogP contribution >= 0.6 is 46.1 Å². The van der Waals surface area contributed by atoms with Crippen LogP contribution in [-0.4, -0.2) is 23.9 Å². The van der Waals surface area contributed by atoms with Gasteiger partial charge < -0.3 is 0 Å². The molecule has 0 aliphatic carbocycles. The van der Waals surface area contributed by atoms with Crippen molar-refractivity contribution < 1.29 is 8.42 Å². The molecule has 4 nitrogen and oxygen atoms in total. The van der Waals surface area contributed by atoms with Crippen LogP contribution in [0.2, 0.25) is 0 Å². The van der Waals surface area contributed by atoms with Crippen molar-refractivity contribution in [1.82, 2.24) is 10.2 Å². The van der Waals surface area contributed by atoms with Crippen molar-refractivity contribution in [3.8, 4) is 0 Å². The van der Waals surface area contributed by atoms with Gasteiger partial charge in [-0.15, -0.1) is 10.2 Å². The highest BCUT2D eigenvalue weighted by atomic mass is 35.6. The van der Waals surface area contributed by atoms with Gasteiger partial charge in [0.25, 0.3) is 0 Å². The average molecular weight is 352 g/mol. The van der Waals surface area contributed by atoms with Gasteiger partial charge in [0.1, 0.15) is 0 Å². The minimum Gasteiger partial charge on any atom is -0.221 e. The van der Waals surface area contributed by atoms with E-state index in [0.29, 0.717) is 6.42 Å². The topological polar surface area (TPSA) is 59.9 Å². The van der Waals surface area contributed by atoms with Gasteiger partial charge in [0, 0.05) is 0 Å². The van der Waals surface area contributed by atoms with Gasteiger partial charge >= 0.3 is 0 Å². The summed E-state index contributed by atoms with van der Waals surface area (Å²) in [5, 5.41) is 6.78. The normalized spacial score (nSPS) is 14.7. The predicted molar refractivity (Wildman–Crippen MR) is 75.3 cm³/mol. The van der Waals surface area contributed by atoms with Crippen LogP contribution in [-0.2, 0) is 13.6 Å². The van der Waals surface area contributed by atoms with Crippen LogP contribution in [0, 0.1) is 0 Å². The van der Waals surface area contributed by atoms with Gasteiger partial charge in [-0.1, -0.05) is 65.9 Å². The second-order valence-electron chi connectivity index (χ2n) is 3.87. The van der Waals surface area contributed by atoms with E-state index in [1.165, 1.54) is 0 Å². The van der Waals surface area contributed by atoms with Crippen LogP contribution < -0.4 is 0 Å². The molecule has 1 heterocycles. The highest BCUT2D eigenvalue weighted by molar-refractivity contribution is 7.93. The van der Waals surface area contributed by atoms with Gasteiger partial charge in [0.2, 0.25) is 18.0 Å². The number of sulfone groups is 1. The molecule has 18 heavy (non-hydrogen) atoms. The number of hydrogen-bond donors (Lipinski definition) is 0. The molecule has 0 N–H and O–H groups in total. The maximum absolute atomic E-state index is 12.2. The van der Waals surface area contributed by atoms with Crippen molar-refractivity contribution in [3.63, 3.8) is 0 Å². The van der Waals surface area contributed by atoms with E-state index in [0.717, 1.165) is 24.2 Å². The molecule has 0 amide bonds. The first kappa shape index (κ1) is 16.4. The lowest BCUT2D eigenvalue weighted by Gasteiger charge is -2.09. The van der Waals surface area contributed by atoms with Crippen molar-refractivity contribution in [2.24, 2.45) is 0 Å². The molecule has 104 valence electrons. The average Bonchev–Trinajstić information content (AvgIpc) is 2.74. The molecule has 1 aromatic heterocycles. The second kappa shape index (κ2) is 6.22. The first-order chi connectivity index (χ1) is 8.19. The molecular formula is C9H13Cl3N2O2S2.